The molecule has 3 aromatic rings. The number of aliphatic carboxylic acids is 1. The van der Waals surface area contributed by atoms with Crippen LogP contribution in [0.3, 0.4) is 0 Å². The molecule has 0 unspecified atom stereocenters. The monoisotopic (exact) mass is 339 g/mol. The van der Waals surface area contributed by atoms with Crippen molar-refractivity contribution in [3.63, 3.8) is 0 Å². The summed E-state index contributed by atoms with van der Waals surface area (Å²) < 4.78 is 11.2. The molecule has 0 aliphatic rings. The van der Waals surface area contributed by atoms with Crippen molar-refractivity contribution >= 4 is 16.9 Å². The van der Waals surface area contributed by atoms with Crippen LogP contribution in [0.25, 0.3) is 11.0 Å². The average Bonchev–Trinajstić information content (AvgIpc) is 2.59. The molecule has 2 aromatic heterocycles. The number of carbonyl (C=O) groups is 1. The van der Waals surface area contributed by atoms with Crippen molar-refractivity contribution in [1.82, 2.24) is 4.98 Å². The lowest BCUT2D eigenvalue weighted by Crippen LogP contribution is -2.15. The predicted octanol–water partition coefficient (Wildman–Crippen LogP) is 3.01. The molecule has 0 radical (unpaired) electrons. The highest BCUT2D eigenvalue weighted by Gasteiger charge is 2.17. The van der Waals surface area contributed by atoms with Gasteiger partial charge in [-0.2, -0.15) is 0 Å². The van der Waals surface area contributed by atoms with Gasteiger partial charge >= 0.3 is 11.6 Å². The number of hydrogen-bond acceptors (Lipinski definition) is 5. The van der Waals surface area contributed by atoms with Gasteiger partial charge < -0.3 is 14.3 Å². The minimum absolute atomic E-state index is 0.168. The van der Waals surface area contributed by atoms with E-state index in [0.29, 0.717) is 34.5 Å². The second-order valence-corrected chi connectivity index (χ2v) is 5.74. The number of aromatic nitrogens is 1. The Labute approximate surface area is 143 Å². The van der Waals surface area contributed by atoms with Gasteiger partial charge in [0.25, 0.3) is 0 Å². The first-order chi connectivity index (χ1) is 12.0. The maximum absolute atomic E-state index is 12.2. The average molecular weight is 339 g/mol. The molecule has 1 N–H and O–H groups in total. The third kappa shape index (κ3) is 3.38. The lowest BCUT2D eigenvalue weighted by molar-refractivity contribution is -0.136. The van der Waals surface area contributed by atoms with E-state index in [1.54, 1.807) is 32.2 Å². The van der Waals surface area contributed by atoms with Gasteiger partial charge in [-0.3, -0.25) is 9.78 Å². The van der Waals surface area contributed by atoms with Crippen molar-refractivity contribution in [1.29, 1.82) is 0 Å². The van der Waals surface area contributed by atoms with E-state index in [9.17, 15) is 9.59 Å². The number of rotatable bonds is 5. The summed E-state index contributed by atoms with van der Waals surface area (Å²) in [6.07, 6.45) is 1.33. The Balaban J connectivity index is 2.00. The van der Waals surface area contributed by atoms with Crippen molar-refractivity contribution in [2.75, 3.05) is 0 Å². The summed E-state index contributed by atoms with van der Waals surface area (Å²) in [7, 11) is 0. The van der Waals surface area contributed by atoms with Gasteiger partial charge in [0.05, 0.1) is 17.7 Å². The molecule has 0 saturated heterocycles. The highest BCUT2D eigenvalue weighted by atomic mass is 16.5. The van der Waals surface area contributed by atoms with Gasteiger partial charge in [0.2, 0.25) is 0 Å². The second-order valence-electron chi connectivity index (χ2n) is 5.74. The molecule has 3 rings (SSSR count). The second kappa shape index (κ2) is 6.76. The molecule has 0 aliphatic heterocycles. The van der Waals surface area contributed by atoms with Gasteiger partial charge in [-0.1, -0.05) is 6.07 Å². The summed E-state index contributed by atoms with van der Waals surface area (Å²) in [5.74, 6) is -0.478. The first-order valence-electron chi connectivity index (χ1n) is 7.77. The third-order valence-electron chi connectivity index (χ3n) is 4.08. The summed E-state index contributed by atoms with van der Waals surface area (Å²) in [5.41, 5.74) is 2.05. The van der Waals surface area contributed by atoms with Crippen LogP contribution in [0.5, 0.6) is 5.75 Å². The Morgan fingerprint density at radius 3 is 2.68 bits per heavy atom. The van der Waals surface area contributed by atoms with Crippen LogP contribution in [0, 0.1) is 13.8 Å². The Morgan fingerprint density at radius 1 is 1.20 bits per heavy atom. The van der Waals surface area contributed by atoms with E-state index in [-0.39, 0.29) is 12.0 Å². The molecular formula is C19H17NO5. The maximum Gasteiger partial charge on any atom is 0.340 e. The van der Waals surface area contributed by atoms with Crippen LogP contribution in [0.1, 0.15) is 22.4 Å². The highest BCUT2D eigenvalue weighted by molar-refractivity contribution is 5.86. The van der Waals surface area contributed by atoms with E-state index in [1.807, 2.05) is 18.2 Å². The molecule has 6 heteroatoms. The molecule has 0 saturated carbocycles. The van der Waals surface area contributed by atoms with Crippen molar-refractivity contribution < 1.29 is 19.1 Å². The Hall–Kier alpha value is -3.15. The molecule has 1 aromatic carbocycles. The minimum Gasteiger partial charge on any atom is -0.487 e. The zero-order chi connectivity index (χ0) is 18.0. The smallest absolute Gasteiger partial charge is 0.340 e. The molecule has 0 fully saturated rings. The number of hydrogen-bond donors (Lipinski definition) is 1. The van der Waals surface area contributed by atoms with E-state index in [4.69, 9.17) is 14.3 Å². The van der Waals surface area contributed by atoms with Crippen LogP contribution in [0.4, 0.5) is 0 Å². The lowest BCUT2D eigenvalue weighted by atomic mass is 10.0. The van der Waals surface area contributed by atoms with Crippen molar-refractivity contribution in [2.45, 2.75) is 26.9 Å². The lowest BCUT2D eigenvalue weighted by Gasteiger charge is -2.12. The van der Waals surface area contributed by atoms with Crippen molar-refractivity contribution in [3.8, 4) is 5.75 Å². The zero-order valence-corrected chi connectivity index (χ0v) is 13.9. The Morgan fingerprint density at radius 2 is 2.00 bits per heavy atom. The molecule has 0 aliphatic carbocycles. The number of benzene rings is 1. The number of ether oxygens (including phenoxy) is 1. The minimum atomic E-state index is -1.07. The van der Waals surface area contributed by atoms with E-state index in [1.165, 1.54) is 0 Å². The van der Waals surface area contributed by atoms with Crippen molar-refractivity contribution in [2.24, 2.45) is 0 Å². The number of carboxylic acids is 1. The highest BCUT2D eigenvalue weighted by Crippen LogP contribution is 2.29. The molecule has 128 valence electrons. The fourth-order valence-electron chi connectivity index (χ4n) is 2.72. The number of carboxylic acid groups (broad SMARTS) is 1. The standard InChI is InChI=1S/C19H17NO5/c1-11-14-6-7-16(24-10-13-5-3-4-8-20-13)12(2)18(14)25-19(23)15(11)9-17(21)22/h3-8H,9-10H2,1-2H3,(H,21,22). The van der Waals surface area contributed by atoms with E-state index in [0.717, 1.165) is 5.69 Å². The SMILES string of the molecule is Cc1c(CC(=O)O)c(=O)oc2c(C)c(OCc3ccccn3)ccc12. The van der Waals surface area contributed by atoms with Gasteiger partial charge in [-0.15, -0.1) is 0 Å². The Bertz CT molecular complexity index is 992. The van der Waals surface area contributed by atoms with Crippen LogP contribution < -0.4 is 10.4 Å². The first-order valence-corrected chi connectivity index (χ1v) is 7.77. The van der Waals surface area contributed by atoms with Gasteiger partial charge in [0.15, 0.2) is 0 Å². The van der Waals surface area contributed by atoms with Crippen molar-refractivity contribution in [3.05, 3.63) is 69.3 Å². The van der Waals surface area contributed by atoms with Crippen LogP contribution in [0.2, 0.25) is 0 Å². The molecule has 25 heavy (non-hydrogen) atoms. The zero-order valence-electron chi connectivity index (χ0n) is 13.9. The summed E-state index contributed by atoms with van der Waals surface area (Å²) in [6, 6.07) is 9.14. The number of aryl methyl sites for hydroxylation is 2. The summed E-state index contributed by atoms with van der Waals surface area (Å²) in [5, 5.41) is 9.67. The Kier molecular flexibility index (Phi) is 4.52. The normalized spacial score (nSPS) is 10.8. The molecule has 6 nitrogen and oxygen atoms in total. The summed E-state index contributed by atoms with van der Waals surface area (Å²) in [6.45, 7) is 3.83. The van der Waals surface area contributed by atoms with Gasteiger partial charge in [0, 0.05) is 17.1 Å². The number of fused-ring (bicyclic) bond motifs is 1. The van der Waals surface area contributed by atoms with Crippen LogP contribution in [-0.2, 0) is 17.8 Å². The quantitative estimate of drug-likeness (QED) is 0.719. The maximum atomic E-state index is 12.2. The molecule has 0 bridgehead atoms. The number of nitrogens with zero attached hydrogens (tertiary/aromatic N) is 1. The largest absolute Gasteiger partial charge is 0.487 e. The van der Waals surface area contributed by atoms with Gasteiger partial charge in [-0.05, 0) is 43.7 Å². The topological polar surface area (TPSA) is 89.6 Å². The number of pyridine rings is 1. The molecule has 0 spiro atoms. The summed E-state index contributed by atoms with van der Waals surface area (Å²) >= 11 is 0. The van der Waals surface area contributed by atoms with Crippen LogP contribution in [-0.4, -0.2) is 16.1 Å². The fraction of sp³-hybridized carbons (Fsp3) is 0.211. The third-order valence-corrected chi connectivity index (χ3v) is 4.08. The molecule has 2 heterocycles. The molecule has 0 amide bonds. The summed E-state index contributed by atoms with van der Waals surface area (Å²) in [4.78, 5) is 27.3. The fourth-order valence-corrected chi connectivity index (χ4v) is 2.72. The predicted molar refractivity (Wildman–Crippen MR) is 91.9 cm³/mol. The van der Waals surface area contributed by atoms with Crippen LogP contribution in [0.15, 0.2) is 45.7 Å². The molecular weight excluding hydrogens is 322 g/mol. The van der Waals surface area contributed by atoms with Crippen LogP contribution >= 0.6 is 0 Å². The molecule has 0 atom stereocenters. The van der Waals surface area contributed by atoms with Gasteiger partial charge in [-0.25, -0.2) is 4.79 Å². The van der Waals surface area contributed by atoms with E-state index in [2.05, 4.69) is 4.98 Å². The first kappa shape index (κ1) is 16.7. The van der Waals surface area contributed by atoms with E-state index >= 15 is 0 Å². The van der Waals surface area contributed by atoms with E-state index < -0.39 is 11.6 Å². The van der Waals surface area contributed by atoms with Gasteiger partial charge in [0.1, 0.15) is 17.9 Å².